The first-order valence-electron chi connectivity index (χ1n) is 9.45. The van der Waals surface area contributed by atoms with Crippen LogP contribution < -0.4 is 4.74 Å². The van der Waals surface area contributed by atoms with Crippen LogP contribution in [0, 0.1) is 0 Å². The summed E-state index contributed by atoms with van der Waals surface area (Å²) < 4.78 is 19.0. The van der Waals surface area contributed by atoms with Gasteiger partial charge in [0.05, 0.1) is 46.4 Å². The molecule has 4 nitrogen and oxygen atoms in total. The zero-order valence-electron chi connectivity index (χ0n) is 15.5. The number of hydrogen-bond acceptors (Lipinski definition) is 3. The lowest BCUT2D eigenvalue weighted by atomic mass is 9.53. The van der Waals surface area contributed by atoms with E-state index < -0.39 is 0 Å². The van der Waals surface area contributed by atoms with Crippen molar-refractivity contribution in [1.29, 1.82) is 0 Å². The van der Waals surface area contributed by atoms with Crippen molar-refractivity contribution in [1.82, 2.24) is 0 Å². The minimum Gasteiger partial charge on any atom is -0.497 e. The van der Waals surface area contributed by atoms with Crippen molar-refractivity contribution in [3.05, 3.63) is 35.4 Å². The zero-order valence-corrected chi connectivity index (χ0v) is 15.5. The molecule has 1 spiro atoms. The molecule has 25 heavy (non-hydrogen) atoms. The summed E-state index contributed by atoms with van der Waals surface area (Å²) in [4.78, 5) is 0. The number of hydrogen-bond donors (Lipinski definition) is 0. The summed E-state index contributed by atoms with van der Waals surface area (Å²) in [7, 11) is 6.54. The van der Waals surface area contributed by atoms with E-state index in [1.165, 1.54) is 24.1 Å². The third-order valence-corrected chi connectivity index (χ3v) is 7.59. The molecule has 2 saturated heterocycles. The molecule has 5 rings (SSSR count). The molecule has 4 aliphatic rings. The smallest absolute Gasteiger partial charge is 0.169 e. The summed E-state index contributed by atoms with van der Waals surface area (Å²) in [6.45, 7) is 2.63. The Balaban J connectivity index is 1.74. The molecule has 2 unspecified atom stereocenters. The van der Waals surface area contributed by atoms with Gasteiger partial charge in [-0.2, -0.15) is 0 Å². The molecule has 0 bridgehead atoms. The normalized spacial score (nSPS) is 36.8. The van der Waals surface area contributed by atoms with Crippen molar-refractivity contribution in [3.8, 4) is 5.75 Å². The summed E-state index contributed by atoms with van der Waals surface area (Å²) in [6.07, 6.45) is 9.06. The van der Waals surface area contributed by atoms with Gasteiger partial charge < -0.3 is 18.7 Å². The number of quaternary nitrogens is 1. The van der Waals surface area contributed by atoms with Gasteiger partial charge in [0.25, 0.3) is 0 Å². The minimum atomic E-state index is -0.390. The third kappa shape index (κ3) is 1.83. The van der Waals surface area contributed by atoms with Crippen molar-refractivity contribution in [2.45, 2.75) is 42.4 Å². The number of likely N-dealkylation sites (tertiary alicyclic amines) is 1. The van der Waals surface area contributed by atoms with Crippen LogP contribution in [0.4, 0.5) is 0 Å². The summed E-state index contributed by atoms with van der Waals surface area (Å²) >= 11 is 0. The third-order valence-electron chi connectivity index (χ3n) is 7.59. The van der Waals surface area contributed by atoms with Crippen molar-refractivity contribution in [2.75, 3.05) is 41.0 Å². The van der Waals surface area contributed by atoms with E-state index in [9.17, 15) is 0 Å². The summed E-state index contributed by atoms with van der Waals surface area (Å²) in [5, 5.41) is 0. The SMILES string of the molecule is COc1ccc2c(c1)C13CC[N+](C)(C)C1(C=C2)CCC1(C3)OCCO1. The second-order valence-electron chi connectivity index (χ2n) is 8.74. The Morgan fingerprint density at radius 2 is 1.88 bits per heavy atom. The predicted octanol–water partition coefficient (Wildman–Crippen LogP) is 3.11. The van der Waals surface area contributed by atoms with Crippen molar-refractivity contribution >= 4 is 6.08 Å². The van der Waals surface area contributed by atoms with Gasteiger partial charge in [-0.05, 0) is 29.3 Å². The molecule has 0 aromatic heterocycles. The number of likely N-dealkylation sites (N-methyl/N-ethyl adjacent to an activating group) is 1. The number of fused-ring (bicyclic) bond motifs is 1. The second kappa shape index (κ2) is 4.87. The van der Waals surface area contributed by atoms with E-state index in [4.69, 9.17) is 14.2 Å². The molecule has 0 amide bonds. The molecule has 0 radical (unpaired) electrons. The predicted molar refractivity (Wildman–Crippen MR) is 96.5 cm³/mol. The van der Waals surface area contributed by atoms with Gasteiger partial charge in [-0.1, -0.05) is 12.1 Å². The standard InChI is InChI=1S/C21H28NO3/c1-22(2)11-10-19-15-21(24-12-13-25-21)9-8-20(19,22)7-6-16-4-5-17(23-3)14-18(16)19/h4-7,14H,8-13,15H2,1-3H3/q+1. The Labute approximate surface area is 150 Å². The van der Waals surface area contributed by atoms with E-state index in [1.807, 2.05) is 0 Å². The Kier molecular flexibility index (Phi) is 3.09. The van der Waals surface area contributed by atoms with Crippen molar-refractivity contribution in [2.24, 2.45) is 0 Å². The van der Waals surface area contributed by atoms with Crippen LogP contribution in [0.5, 0.6) is 5.75 Å². The van der Waals surface area contributed by atoms with Gasteiger partial charge in [-0.25, -0.2) is 0 Å². The van der Waals surface area contributed by atoms with E-state index in [0.29, 0.717) is 0 Å². The number of ether oxygens (including phenoxy) is 3. The van der Waals surface area contributed by atoms with E-state index >= 15 is 0 Å². The largest absolute Gasteiger partial charge is 0.497 e. The fraction of sp³-hybridized carbons (Fsp3) is 0.619. The van der Waals surface area contributed by atoms with Crippen LogP contribution in [-0.4, -0.2) is 56.8 Å². The Bertz CT molecular complexity index is 750. The zero-order chi connectivity index (χ0) is 17.3. The Hall–Kier alpha value is -1.36. The van der Waals surface area contributed by atoms with Gasteiger partial charge in [-0.15, -0.1) is 0 Å². The molecular formula is C21H28NO3+. The van der Waals surface area contributed by atoms with E-state index in [0.717, 1.165) is 42.7 Å². The maximum absolute atomic E-state index is 6.19. The highest BCUT2D eigenvalue weighted by Crippen LogP contribution is 2.64. The monoisotopic (exact) mass is 342 g/mol. The second-order valence-corrected chi connectivity index (χ2v) is 8.74. The lowest BCUT2D eigenvalue weighted by Gasteiger charge is -2.57. The average molecular weight is 342 g/mol. The lowest BCUT2D eigenvalue weighted by Crippen LogP contribution is -2.67. The fourth-order valence-electron chi connectivity index (χ4n) is 6.28. The quantitative estimate of drug-likeness (QED) is 0.734. The van der Waals surface area contributed by atoms with Gasteiger partial charge in [0.2, 0.25) is 0 Å². The van der Waals surface area contributed by atoms with Gasteiger partial charge in [0.15, 0.2) is 5.79 Å². The Morgan fingerprint density at radius 1 is 1.08 bits per heavy atom. The van der Waals surface area contributed by atoms with Crippen LogP contribution in [0.25, 0.3) is 6.08 Å². The van der Waals surface area contributed by atoms with E-state index in [1.54, 1.807) is 7.11 Å². The van der Waals surface area contributed by atoms with Crippen LogP contribution in [0.2, 0.25) is 0 Å². The van der Waals surface area contributed by atoms with Gasteiger partial charge >= 0.3 is 0 Å². The summed E-state index contributed by atoms with van der Waals surface area (Å²) in [5.74, 6) is 0.557. The first kappa shape index (κ1) is 15.9. The van der Waals surface area contributed by atoms with Crippen LogP contribution in [0.3, 0.4) is 0 Å². The highest BCUT2D eigenvalue weighted by atomic mass is 16.7. The van der Waals surface area contributed by atoms with E-state index in [2.05, 4.69) is 44.4 Å². The molecule has 2 aliphatic carbocycles. The average Bonchev–Trinajstić information content (AvgIpc) is 3.16. The van der Waals surface area contributed by atoms with Gasteiger partial charge in [0.1, 0.15) is 11.3 Å². The van der Waals surface area contributed by atoms with E-state index in [-0.39, 0.29) is 16.7 Å². The van der Waals surface area contributed by atoms with Crippen LogP contribution >= 0.6 is 0 Å². The molecule has 2 atom stereocenters. The lowest BCUT2D eigenvalue weighted by molar-refractivity contribution is -0.925. The number of methoxy groups -OCH3 is 1. The fourth-order valence-corrected chi connectivity index (χ4v) is 6.28. The molecule has 134 valence electrons. The molecule has 2 heterocycles. The van der Waals surface area contributed by atoms with Crippen LogP contribution in [-0.2, 0) is 14.9 Å². The Morgan fingerprint density at radius 3 is 2.64 bits per heavy atom. The minimum absolute atomic E-state index is 0.0533. The number of nitrogens with zero attached hydrogens (tertiary/aromatic N) is 1. The molecule has 1 aromatic carbocycles. The molecule has 1 saturated carbocycles. The van der Waals surface area contributed by atoms with Gasteiger partial charge in [-0.3, -0.25) is 0 Å². The number of rotatable bonds is 1. The summed E-state index contributed by atoms with van der Waals surface area (Å²) in [5.41, 5.74) is 2.93. The topological polar surface area (TPSA) is 27.7 Å². The van der Waals surface area contributed by atoms with Crippen molar-refractivity contribution in [3.63, 3.8) is 0 Å². The molecule has 2 aliphatic heterocycles. The first-order valence-corrected chi connectivity index (χ1v) is 9.45. The molecule has 4 heteroatoms. The highest BCUT2D eigenvalue weighted by Gasteiger charge is 2.71. The molecule has 3 fully saturated rings. The maximum atomic E-state index is 6.19. The highest BCUT2D eigenvalue weighted by molar-refractivity contribution is 5.65. The number of benzene rings is 1. The van der Waals surface area contributed by atoms with Crippen molar-refractivity contribution < 1.29 is 18.7 Å². The molecule has 1 aromatic rings. The van der Waals surface area contributed by atoms with Crippen LogP contribution in [0.15, 0.2) is 24.3 Å². The van der Waals surface area contributed by atoms with Crippen LogP contribution in [0.1, 0.15) is 36.8 Å². The first-order chi connectivity index (χ1) is 12.0. The van der Waals surface area contributed by atoms with Gasteiger partial charge in [0, 0.05) is 25.7 Å². The summed E-state index contributed by atoms with van der Waals surface area (Å²) in [6, 6.07) is 6.55. The molecular weight excluding hydrogens is 314 g/mol. The molecule has 0 N–H and O–H groups in total. The maximum Gasteiger partial charge on any atom is 0.169 e.